The standard InChI is InChI=1S/C18H38N2S2/c1-6-8-9-10-11-12-13-14-15-17(18(21)19-22-5)16-20(3,4)7-2/h17H,6-16H2,1-5H3/p+1. The maximum Gasteiger partial charge on any atom is 0.0940 e. The highest BCUT2D eigenvalue weighted by molar-refractivity contribution is 7.98. The smallest absolute Gasteiger partial charge is 0.0940 e. The summed E-state index contributed by atoms with van der Waals surface area (Å²) in [6, 6.07) is 0. The first-order valence-electron chi connectivity index (χ1n) is 9.11. The zero-order valence-corrected chi connectivity index (χ0v) is 17.3. The topological polar surface area (TPSA) is 12.0 Å². The fourth-order valence-corrected chi connectivity index (χ4v) is 3.55. The lowest BCUT2D eigenvalue weighted by Gasteiger charge is -2.32. The van der Waals surface area contributed by atoms with E-state index in [0.717, 1.165) is 22.6 Å². The van der Waals surface area contributed by atoms with E-state index in [4.69, 9.17) is 12.2 Å². The summed E-state index contributed by atoms with van der Waals surface area (Å²) in [6.07, 6.45) is 14.4. The normalized spacial score (nSPS) is 13.1. The van der Waals surface area contributed by atoms with Gasteiger partial charge in [0.25, 0.3) is 0 Å². The molecule has 1 N–H and O–H groups in total. The molecule has 0 heterocycles. The number of nitrogens with one attached hydrogen (secondary N) is 1. The molecule has 4 heteroatoms. The average molecular weight is 348 g/mol. The van der Waals surface area contributed by atoms with Crippen LogP contribution in [0, 0.1) is 5.92 Å². The third kappa shape index (κ3) is 11.7. The SMILES string of the molecule is CCCCCCCCCCC(C[N+](C)(C)CC)C(=S)NSC. The lowest BCUT2D eigenvalue weighted by atomic mass is 9.98. The highest BCUT2D eigenvalue weighted by Crippen LogP contribution is 2.18. The molecular weight excluding hydrogens is 308 g/mol. The van der Waals surface area contributed by atoms with E-state index < -0.39 is 0 Å². The number of rotatable bonds is 14. The molecule has 0 spiro atoms. The van der Waals surface area contributed by atoms with E-state index in [0.29, 0.717) is 5.92 Å². The van der Waals surface area contributed by atoms with Crippen LogP contribution in [0.15, 0.2) is 0 Å². The number of hydrogen-bond acceptors (Lipinski definition) is 2. The summed E-state index contributed by atoms with van der Waals surface area (Å²) in [4.78, 5) is 1.05. The van der Waals surface area contributed by atoms with Crippen molar-refractivity contribution in [1.29, 1.82) is 0 Å². The van der Waals surface area contributed by atoms with Gasteiger partial charge in [0.1, 0.15) is 0 Å². The minimum atomic E-state index is 0.525. The van der Waals surface area contributed by atoms with Crippen LogP contribution in [0.2, 0.25) is 0 Å². The van der Waals surface area contributed by atoms with Crippen molar-refractivity contribution in [2.24, 2.45) is 5.92 Å². The summed E-state index contributed by atoms with van der Waals surface area (Å²) in [7, 11) is 4.62. The second kappa shape index (κ2) is 13.6. The van der Waals surface area contributed by atoms with Crippen LogP contribution >= 0.6 is 24.2 Å². The van der Waals surface area contributed by atoms with Gasteiger partial charge in [0, 0.05) is 6.26 Å². The largest absolute Gasteiger partial charge is 0.328 e. The number of hydrogen-bond donors (Lipinski definition) is 1. The number of nitrogens with zero attached hydrogens (tertiary/aromatic N) is 1. The Hall–Kier alpha value is 0.200. The van der Waals surface area contributed by atoms with Crippen LogP contribution in [0.1, 0.15) is 71.6 Å². The molecule has 0 rings (SSSR count). The zero-order valence-electron chi connectivity index (χ0n) is 15.6. The van der Waals surface area contributed by atoms with Crippen LogP contribution in [0.4, 0.5) is 0 Å². The average Bonchev–Trinajstić information content (AvgIpc) is 2.49. The van der Waals surface area contributed by atoms with Crippen LogP contribution in [0.5, 0.6) is 0 Å². The molecule has 0 aliphatic carbocycles. The first-order valence-corrected chi connectivity index (χ1v) is 10.7. The van der Waals surface area contributed by atoms with Crippen molar-refractivity contribution in [3.05, 3.63) is 0 Å². The third-order valence-corrected chi connectivity index (χ3v) is 5.54. The Morgan fingerprint density at radius 2 is 1.55 bits per heavy atom. The minimum absolute atomic E-state index is 0.525. The summed E-state index contributed by atoms with van der Waals surface area (Å²) >= 11 is 7.23. The molecule has 2 nitrogen and oxygen atoms in total. The van der Waals surface area contributed by atoms with E-state index in [9.17, 15) is 0 Å². The second-order valence-corrected chi connectivity index (χ2v) is 8.12. The van der Waals surface area contributed by atoms with E-state index in [1.807, 2.05) is 0 Å². The molecular formula is C18H39N2S2+. The monoisotopic (exact) mass is 347 g/mol. The Kier molecular flexibility index (Phi) is 13.7. The van der Waals surface area contributed by atoms with Crippen molar-refractivity contribution in [2.75, 3.05) is 33.4 Å². The van der Waals surface area contributed by atoms with Gasteiger partial charge in [-0.05, 0) is 13.3 Å². The molecule has 0 aromatic heterocycles. The maximum atomic E-state index is 5.60. The first kappa shape index (κ1) is 22.2. The Labute approximate surface area is 149 Å². The molecule has 0 saturated heterocycles. The highest BCUT2D eigenvalue weighted by atomic mass is 32.2. The molecule has 0 aliphatic heterocycles. The molecule has 132 valence electrons. The molecule has 1 atom stereocenters. The molecule has 0 aliphatic rings. The van der Waals surface area contributed by atoms with Gasteiger partial charge in [-0.1, -0.05) is 82.5 Å². The van der Waals surface area contributed by atoms with Crippen LogP contribution < -0.4 is 4.72 Å². The molecule has 0 amide bonds. The van der Waals surface area contributed by atoms with E-state index >= 15 is 0 Å². The van der Waals surface area contributed by atoms with Gasteiger partial charge < -0.3 is 9.21 Å². The third-order valence-electron chi connectivity index (χ3n) is 4.55. The molecule has 0 fully saturated rings. The Morgan fingerprint density at radius 3 is 2.05 bits per heavy atom. The van der Waals surface area contributed by atoms with E-state index in [1.165, 1.54) is 57.8 Å². The van der Waals surface area contributed by atoms with Crippen LogP contribution in [-0.4, -0.2) is 42.9 Å². The number of quaternary nitrogens is 1. The van der Waals surface area contributed by atoms with Crippen LogP contribution in [0.25, 0.3) is 0 Å². The van der Waals surface area contributed by atoms with Gasteiger partial charge in [-0.3, -0.25) is 0 Å². The number of unbranched alkanes of at least 4 members (excludes halogenated alkanes) is 7. The summed E-state index contributed by atoms with van der Waals surface area (Å²) in [6.45, 7) is 6.86. The summed E-state index contributed by atoms with van der Waals surface area (Å²) in [5.74, 6) is 0.525. The Balaban J connectivity index is 4.01. The molecule has 0 aromatic rings. The Morgan fingerprint density at radius 1 is 1.00 bits per heavy atom. The van der Waals surface area contributed by atoms with Crippen LogP contribution in [0.3, 0.4) is 0 Å². The van der Waals surface area contributed by atoms with Gasteiger partial charge in [-0.15, -0.1) is 0 Å². The van der Waals surface area contributed by atoms with Crippen molar-refractivity contribution in [3.63, 3.8) is 0 Å². The van der Waals surface area contributed by atoms with Crippen molar-refractivity contribution in [2.45, 2.75) is 71.6 Å². The quantitative estimate of drug-likeness (QED) is 0.195. The molecule has 0 radical (unpaired) electrons. The second-order valence-electron chi connectivity index (χ2n) is 7.07. The van der Waals surface area contributed by atoms with Crippen LogP contribution in [-0.2, 0) is 0 Å². The van der Waals surface area contributed by atoms with Gasteiger partial charge in [-0.25, -0.2) is 0 Å². The summed E-state index contributed by atoms with van der Waals surface area (Å²) in [5.41, 5.74) is 0. The van der Waals surface area contributed by atoms with Crippen molar-refractivity contribution >= 4 is 29.2 Å². The summed E-state index contributed by atoms with van der Waals surface area (Å²) < 4.78 is 4.36. The molecule has 0 aromatic carbocycles. The van der Waals surface area contributed by atoms with Crippen molar-refractivity contribution < 1.29 is 4.48 Å². The lowest BCUT2D eigenvalue weighted by molar-refractivity contribution is -0.890. The van der Waals surface area contributed by atoms with Gasteiger partial charge in [0.05, 0.1) is 38.1 Å². The fourth-order valence-electron chi connectivity index (χ4n) is 2.74. The predicted octanol–water partition coefficient (Wildman–Crippen LogP) is 5.42. The van der Waals surface area contributed by atoms with Gasteiger partial charge in [-0.2, -0.15) is 0 Å². The summed E-state index contributed by atoms with van der Waals surface area (Å²) in [5, 5.41) is 0. The minimum Gasteiger partial charge on any atom is -0.328 e. The fraction of sp³-hybridized carbons (Fsp3) is 0.944. The Bertz CT molecular complexity index is 280. The van der Waals surface area contributed by atoms with E-state index in [1.54, 1.807) is 11.9 Å². The van der Waals surface area contributed by atoms with Crippen molar-refractivity contribution in [1.82, 2.24) is 4.72 Å². The molecule has 1 unspecified atom stereocenters. The molecule has 22 heavy (non-hydrogen) atoms. The maximum absolute atomic E-state index is 5.60. The molecule has 0 saturated carbocycles. The lowest BCUT2D eigenvalue weighted by Crippen LogP contribution is -2.46. The van der Waals surface area contributed by atoms with Gasteiger partial charge in [0.2, 0.25) is 0 Å². The van der Waals surface area contributed by atoms with Gasteiger partial charge in [0.15, 0.2) is 0 Å². The van der Waals surface area contributed by atoms with Gasteiger partial charge >= 0.3 is 0 Å². The zero-order chi connectivity index (χ0) is 16.8. The first-order chi connectivity index (χ1) is 10.5. The number of thiocarbonyl (C=S) groups is 1. The van der Waals surface area contributed by atoms with E-state index in [2.05, 4.69) is 38.9 Å². The highest BCUT2D eigenvalue weighted by Gasteiger charge is 2.23. The van der Waals surface area contributed by atoms with E-state index in [-0.39, 0.29) is 0 Å². The molecule has 0 bridgehead atoms. The van der Waals surface area contributed by atoms with Crippen molar-refractivity contribution in [3.8, 4) is 0 Å². The predicted molar refractivity (Wildman–Crippen MR) is 107 cm³/mol.